The SMILES string of the molecule is Cc1cc(NCCc2nc3ccc(Cl)cc3[nH]2)n2nccc2n1. The van der Waals surface area contributed by atoms with Crippen LogP contribution in [-0.4, -0.2) is 31.1 Å². The van der Waals surface area contributed by atoms with Gasteiger partial charge in [-0.1, -0.05) is 11.6 Å². The Morgan fingerprint density at radius 3 is 3.04 bits per heavy atom. The lowest BCUT2D eigenvalue weighted by atomic mass is 10.3. The molecular weight excluding hydrogens is 312 g/mol. The highest BCUT2D eigenvalue weighted by atomic mass is 35.5. The van der Waals surface area contributed by atoms with Crippen molar-refractivity contribution in [1.29, 1.82) is 0 Å². The maximum absolute atomic E-state index is 6.00. The molecule has 4 rings (SSSR count). The van der Waals surface area contributed by atoms with E-state index in [1.54, 1.807) is 10.7 Å². The minimum absolute atomic E-state index is 0.708. The third-order valence-corrected chi connectivity index (χ3v) is 3.88. The highest BCUT2D eigenvalue weighted by molar-refractivity contribution is 6.31. The van der Waals surface area contributed by atoms with Crippen LogP contribution < -0.4 is 5.32 Å². The molecule has 0 aliphatic rings. The van der Waals surface area contributed by atoms with E-state index in [2.05, 4.69) is 25.4 Å². The molecule has 0 fully saturated rings. The van der Waals surface area contributed by atoms with Crippen LogP contribution in [0, 0.1) is 6.92 Å². The molecule has 0 atom stereocenters. The second-order valence-corrected chi connectivity index (χ2v) is 5.84. The predicted octanol–water partition coefficient (Wildman–Crippen LogP) is 3.22. The van der Waals surface area contributed by atoms with E-state index in [0.29, 0.717) is 5.02 Å². The number of aryl methyl sites for hydroxylation is 1. The van der Waals surface area contributed by atoms with Gasteiger partial charge in [0.25, 0.3) is 0 Å². The number of rotatable bonds is 4. The summed E-state index contributed by atoms with van der Waals surface area (Å²) in [6, 6.07) is 9.53. The fourth-order valence-electron chi connectivity index (χ4n) is 2.63. The van der Waals surface area contributed by atoms with Crippen LogP contribution in [-0.2, 0) is 6.42 Å². The second kappa shape index (κ2) is 5.55. The predicted molar refractivity (Wildman–Crippen MR) is 91.0 cm³/mol. The lowest BCUT2D eigenvalue weighted by Crippen LogP contribution is -2.10. The lowest BCUT2D eigenvalue weighted by molar-refractivity contribution is 0.886. The van der Waals surface area contributed by atoms with Crippen molar-refractivity contribution in [2.45, 2.75) is 13.3 Å². The third kappa shape index (κ3) is 2.73. The summed E-state index contributed by atoms with van der Waals surface area (Å²) < 4.78 is 1.80. The van der Waals surface area contributed by atoms with Gasteiger partial charge in [-0.05, 0) is 25.1 Å². The summed E-state index contributed by atoms with van der Waals surface area (Å²) in [5.41, 5.74) is 3.69. The number of hydrogen-bond acceptors (Lipinski definition) is 4. The number of imidazole rings is 1. The Labute approximate surface area is 137 Å². The molecule has 1 aromatic carbocycles. The number of nitrogens with zero attached hydrogens (tertiary/aromatic N) is 4. The van der Waals surface area contributed by atoms with E-state index in [9.17, 15) is 0 Å². The van der Waals surface area contributed by atoms with Gasteiger partial charge >= 0.3 is 0 Å². The van der Waals surface area contributed by atoms with Crippen LogP contribution in [0.5, 0.6) is 0 Å². The maximum Gasteiger partial charge on any atom is 0.157 e. The van der Waals surface area contributed by atoms with Crippen molar-refractivity contribution >= 4 is 34.1 Å². The van der Waals surface area contributed by atoms with Crippen molar-refractivity contribution in [2.24, 2.45) is 0 Å². The molecule has 116 valence electrons. The van der Waals surface area contributed by atoms with Gasteiger partial charge in [-0.15, -0.1) is 0 Å². The van der Waals surface area contributed by atoms with E-state index in [1.165, 1.54) is 0 Å². The van der Waals surface area contributed by atoms with E-state index in [4.69, 9.17) is 11.6 Å². The number of benzene rings is 1. The molecule has 7 heteroatoms. The van der Waals surface area contributed by atoms with Gasteiger partial charge in [0.05, 0.1) is 17.2 Å². The molecule has 3 aromatic heterocycles. The normalized spacial score (nSPS) is 11.4. The monoisotopic (exact) mass is 326 g/mol. The zero-order chi connectivity index (χ0) is 15.8. The quantitative estimate of drug-likeness (QED) is 0.604. The van der Waals surface area contributed by atoms with E-state index >= 15 is 0 Å². The molecule has 23 heavy (non-hydrogen) atoms. The summed E-state index contributed by atoms with van der Waals surface area (Å²) in [5, 5.41) is 8.38. The van der Waals surface area contributed by atoms with Crippen molar-refractivity contribution in [3.8, 4) is 0 Å². The molecule has 4 aromatic rings. The van der Waals surface area contributed by atoms with Gasteiger partial charge in [-0.2, -0.15) is 9.61 Å². The topological polar surface area (TPSA) is 70.9 Å². The highest BCUT2D eigenvalue weighted by Gasteiger charge is 2.06. The van der Waals surface area contributed by atoms with Crippen LogP contribution in [0.2, 0.25) is 5.02 Å². The van der Waals surface area contributed by atoms with Crippen molar-refractivity contribution in [3.05, 3.63) is 53.1 Å². The summed E-state index contributed by atoms with van der Waals surface area (Å²) >= 11 is 6.00. The molecule has 0 radical (unpaired) electrons. The number of H-pyrrole nitrogens is 1. The number of hydrogen-bond donors (Lipinski definition) is 2. The molecule has 0 saturated carbocycles. The summed E-state index contributed by atoms with van der Waals surface area (Å²) in [6.07, 6.45) is 2.52. The molecule has 0 saturated heterocycles. The molecule has 0 unspecified atom stereocenters. The Bertz CT molecular complexity index is 987. The minimum atomic E-state index is 0.708. The maximum atomic E-state index is 6.00. The molecule has 0 aliphatic carbocycles. The molecule has 0 aliphatic heterocycles. The lowest BCUT2D eigenvalue weighted by Gasteiger charge is -2.08. The Morgan fingerprint density at radius 2 is 2.13 bits per heavy atom. The van der Waals surface area contributed by atoms with Gasteiger partial charge < -0.3 is 10.3 Å². The second-order valence-electron chi connectivity index (χ2n) is 5.41. The minimum Gasteiger partial charge on any atom is -0.369 e. The standard InChI is InChI=1S/C16H15ClN6/c1-10-8-16(23-15(20-10)5-7-19-23)18-6-4-14-21-12-3-2-11(17)9-13(12)22-14/h2-3,5,7-9,18H,4,6H2,1H3,(H,21,22). The molecule has 3 heterocycles. The first kappa shape index (κ1) is 14.0. The van der Waals surface area contributed by atoms with E-state index in [-0.39, 0.29) is 0 Å². The largest absolute Gasteiger partial charge is 0.369 e. The molecule has 0 spiro atoms. The first-order valence-corrected chi connectivity index (χ1v) is 7.76. The van der Waals surface area contributed by atoms with Crippen LogP contribution >= 0.6 is 11.6 Å². The van der Waals surface area contributed by atoms with Gasteiger partial charge in [0.1, 0.15) is 11.6 Å². The summed E-state index contributed by atoms with van der Waals surface area (Å²) in [5.74, 6) is 1.86. The Balaban J connectivity index is 1.51. The Kier molecular flexibility index (Phi) is 3.38. The fraction of sp³-hybridized carbons (Fsp3) is 0.188. The fourth-order valence-corrected chi connectivity index (χ4v) is 2.80. The van der Waals surface area contributed by atoms with E-state index < -0.39 is 0 Å². The summed E-state index contributed by atoms with van der Waals surface area (Å²) in [4.78, 5) is 12.3. The van der Waals surface area contributed by atoms with Crippen LogP contribution in [0.15, 0.2) is 36.5 Å². The van der Waals surface area contributed by atoms with Gasteiger partial charge in [0.15, 0.2) is 5.65 Å². The van der Waals surface area contributed by atoms with Gasteiger partial charge in [-0.25, -0.2) is 9.97 Å². The van der Waals surface area contributed by atoms with Gasteiger partial charge in [-0.3, -0.25) is 0 Å². The Hall–Kier alpha value is -2.60. The number of nitrogens with one attached hydrogen (secondary N) is 2. The molecule has 0 bridgehead atoms. The average Bonchev–Trinajstić information content (AvgIpc) is 3.12. The first-order valence-electron chi connectivity index (χ1n) is 7.38. The number of anilines is 1. The Morgan fingerprint density at radius 1 is 1.22 bits per heavy atom. The third-order valence-electron chi connectivity index (χ3n) is 3.65. The van der Waals surface area contributed by atoms with Gasteiger partial charge in [0.2, 0.25) is 0 Å². The van der Waals surface area contributed by atoms with Crippen molar-refractivity contribution in [1.82, 2.24) is 24.6 Å². The van der Waals surface area contributed by atoms with Crippen LogP contribution in [0.3, 0.4) is 0 Å². The van der Waals surface area contributed by atoms with E-state index in [1.807, 2.05) is 37.3 Å². The zero-order valence-corrected chi connectivity index (χ0v) is 13.3. The average molecular weight is 327 g/mol. The molecule has 0 amide bonds. The summed E-state index contributed by atoms with van der Waals surface area (Å²) in [6.45, 7) is 2.72. The van der Waals surface area contributed by atoms with Crippen LogP contribution in [0.1, 0.15) is 11.5 Å². The van der Waals surface area contributed by atoms with Crippen molar-refractivity contribution in [2.75, 3.05) is 11.9 Å². The highest BCUT2D eigenvalue weighted by Crippen LogP contribution is 2.17. The van der Waals surface area contributed by atoms with Gasteiger partial charge in [0, 0.05) is 35.8 Å². The number of aromatic amines is 1. The smallest absolute Gasteiger partial charge is 0.157 e. The first-order chi connectivity index (χ1) is 11.2. The molecular formula is C16H15ClN6. The number of halogens is 1. The summed E-state index contributed by atoms with van der Waals surface area (Å²) in [7, 11) is 0. The number of aromatic nitrogens is 5. The van der Waals surface area contributed by atoms with Crippen LogP contribution in [0.4, 0.5) is 5.82 Å². The van der Waals surface area contributed by atoms with Crippen molar-refractivity contribution < 1.29 is 0 Å². The van der Waals surface area contributed by atoms with Crippen molar-refractivity contribution in [3.63, 3.8) is 0 Å². The molecule has 6 nitrogen and oxygen atoms in total. The van der Waals surface area contributed by atoms with Crippen LogP contribution in [0.25, 0.3) is 16.7 Å². The van der Waals surface area contributed by atoms with E-state index in [0.717, 1.165) is 47.0 Å². The number of fused-ring (bicyclic) bond motifs is 2. The molecule has 2 N–H and O–H groups in total. The zero-order valence-electron chi connectivity index (χ0n) is 12.5.